The Morgan fingerprint density at radius 2 is 1.88 bits per heavy atom. The molecule has 0 aliphatic heterocycles. The van der Waals surface area contributed by atoms with Crippen LogP contribution in [-0.4, -0.2) is 15.1 Å². The van der Waals surface area contributed by atoms with E-state index in [2.05, 4.69) is 25.9 Å². The molecule has 0 saturated heterocycles. The Morgan fingerprint density at radius 1 is 1.24 bits per heavy atom. The molecule has 2 aromatic rings. The van der Waals surface area contributed by atoms with Crippen LogP contribution in [0.5, 0.6) is 0 Å². The van der Waals surface area contributed by atoms with Gasteiger partial charge >= 0.3 is 0 Å². The van der Waals surface area contributed by atoms with Crippen LogP contribution in [0.15, 0.2) is 34.9 Å². The van der Waals surface area contributed by atoms with Crippen molar-refractivity contribution in [3.8, 4) is 11.4 Å². The Kier molecular flexibility index (Phi) is 3.54. The monoisotopic (exact) mass is 292 g/mol. The van der Waals surface area contributed by atoms with Crippen molar-refractivity contribution < 1.29 is 5.11 Å². The molecule has 1 aromatic heterocycles. The smallest absolute Gasteiger partial charge is 0.159 e. The fourth-order valence-electron chi connectivity index (χ4n) is 1.62. The van der Waals surface area contributed by atoms with Gasteiger partial charge in [0.2, 0.25) is 0 Å². The number of aromatic nitrogens is 2. The molecule has 88 valence electrons. The lowest BCUT2D eigenvalue weighted by atomic mass is 10.1. The second kappa shape index (κ2) is 4.94. The summed E-state index contributed by atoms with van der Waals surface area (Å²) in [6.07, 6.45) is 1.15. The van der Waals surface area contributed by atoms with Crippen LogP contribution in [0, 0.1) is 6.92 Å². The molecule has 0 fully saturated rings. The molecule has 1 atom stereocenters. The van der Waals surface area contributed by atoms with Gasteiger partial charge in [-0.2, -0.15) is 0 Å². The summed E-state index contributed by atoms with van der Waals surface area (Å²) in [6.45, 7) is 3.59. The summed E-state index contributed by atoms with van der Waals surface area (Å²) in [4.78, 5) is 8.68. The average Bonchev–Trinajstić information content (AvgIpc) is 2.29. The van der Waals surface area contributed by atoms with Crippen LogP contribution in [0.1, 0.15) is 24.3 Å². The number of rotatable bonds is 2. The molecule has 0 amide bonds. The number of halogens is 1. The van der Waals surface area contributed by atoms with Crippen LogP contribution in [-0.2, 0) is 0 Å². The van der Waals surface area contributed by atoms with Crippen molar-refractivity contribution in [2.24, 2.45) is 0 Å². The van der Waals surface area contributed by atoms with Crippen LogP contribution in [0.4, 0.5) is 0 Å². The SMILES string of the molecule is Cc1nc(-c2ccc(Br)cc2)ncc1C(C)O. The van der Waals surface area contributed by atoms with Crippen LogP contribution in [0.3, 0.4) is 0 Å². The van der Waals surface area contributed by atoms with Gasteiger partial charge in [-0.15, -0.1) is 0 Å². The lowest BCUT2D eigenvalue weighted by molar-refractivity contribution is 0.197. The minimum Gasteiger partial charge on any atom is -0.389 e. The van der Waals surface area contributed by atoms with E-state index in [4.69, 9.17) is 0 Å². The standard InChI is InChI=1S/C13H13BrN2O/c1-8-12(9(2)17)7-15-13(16-8)10-3-5-11(14)6-4-10/h3-7,9,17H,1-2H3. The third kappa shape index (κ3) is 2.70. The van der Waals surface area contributed by atoms with E-state index in [-0.39, 0.29) is 0 Å². The molecular formula is C13H13BrN2O. The van der Waals surface area contributed by atoms with Crippen molar-refractivity contribution in [1.29, 1.82) is 0 Å². The first-order valence-electron chi connectivity index (χ1n) is 5.35. The third-order valence-electron chi connectivity index (χ3n) is 2.57. The second-order valence-corrected chi connectivity index (χ2v) is 4.83. The topological polar surface area (TPSA) is 46.0 Å². The maximum absolute atomic E-state index is 9.52. The first-order chi connectivity index (χ1) is 8.08. The second-order valence-electron chi connectivity index (χ2n) is 3.92. The van der Waals surface area contributed by atoms with E-state index in [1.54, 1.807) is 13.1 Å². The maximum atomic E-state index is 9.52. The first kappa shape index (κ1) is 12.2. The molecule has 0 spiro atoms. The molecule has 1 unspecified atom stereocenters. The molecule has 0 radical (unpaired) electrons. The minimum absolute atomic E-state index is 0.533. The Bertz CT molecular complexity index is 523. The lowest BCUT2D eigenvalue weighted by Crippen LogP contribution is -2.01. The van der Waals surface area contributed by atoms with Gasteiger partial charge in [0.1, 0.15) is 0 Å². The summed E-state index contributed by atoms with van der Waals surface area (Å²) in [6, 6.07) is 7.83. The van der Waals surface area contributed by atoms with Gasteiger partial charge in [0.15, 0.2) is 5.82 Å². The van der Waals surface area contributed by atoms with Gasteiger partial charge in [-0.25, -0.2) is 9.97 Å². The van der Waals surface area contributed by atoms with E-state index >= 15 is 0 Å². The summed E-state index contributed by atoms with van der Waals surface area (Å²) in [5, 5.41) is 9.52. The zero-order valence-electron chi connectivity index (χ0n) is 9.68. The molecular weight excluding hydrogens is 280 g/mol. The van der Waals surface area contributed by atoms with Crippen LogP contribution < -0.4 is 0 Å². The zero-order valence-corrected chi connectivity index (χ0v) is 11.3. The van der Waals surface area contributed by atoms with Gasteiger partial charge in [-0.05, 0) is 26.0 Å². The molecule has 0 aliphatic carbocycles. The molecule has 0 bridgehead atoms. The number of hydrogen-bond donors (Lipinski definition) is 1. The summed E-state index contributed by atoms with van der Waals surface area (Å²) in [5.41, 5.74) is 2.55. The van der Waals surface area contributed by atoms with Crippen molar-refractivity contribution in [2.45, 2.75) is 20.0 Å². The fraction of sp³-hybridized carbons (Fsp3) is 0.231. The summed E-state index contributed by atoms with van der Waals surface area (Å²) >= 11 is 3.39. The van der Waals surface area contributed by atoms with Crippen molar-refractivity contribution in [3.63, 3.8) is 0 Å². The predicted octanol–water partition coefficient (Wildman–Crippen LogP) is 3.27. The Labute approximate surface area is 109 Å². The summed E-state index contributed by atoms with van der Waals surface area (Å²) in [7, 11) is 0. The number of nitrogens with zero attached hydrogens (tertiary/aromatic N) is 2. The minimum atomic E-state index is -0.533. The van der Waals surface area contributed by atoms with E-state index in [1.165, 1.54) is 0 Å². The number of aliphatic hydroxyl groups excluding tert-OH is 1. The lowest BCUT2D eigenvalue weighted by Gasteiger charge is -2.09. The highest BCUT2D eigenvalue weighted by atomic mass is 79.9. The van der Waals surface area contributed by atoms with E-state index in [0.29, 0.717) is 5.82 Å². The molecule has 1 aromatic carbocycles. The number of aliphatic hydroxyl groups is 1. The molecule has 0 aliphatic rings. The van der Waals surface area contributed by atoms with Crippen molar-refractivity contribution in [3.05, 3.63) is 46.2 Å². The van der Waals surface area contributed by atoms with Gasteiger partial charge in [0.25, 0.3) is 0 Å². The van der Waals surface area contributed by atoms with E-state index < -0.39 is 6.10 Å². The zero-order chi connectivity index (χ0) is 12.4. The van der Waals surface area contributed by atoms with Crippen LogP contribution in [0.2, 0.25) is 0 Å². The van der Waals surface area contributed by atoms with Crippen molar-refractivity contribution in [2.75, 3.05) is 0 Å². The van der Waals surface area contributed by atoms with Gasteiger partial charge in [0.05, 0.1) is 6.10 Å². The highest BCUT2D eigenvalue weighted by molar-refractivity contribution is 9.10. The predicted molar refractivity (Wildman–Crippen MR) is 70.5 cm³/mol. The van der Waals surface area contributed by atoms with Crippen LogP contribution >= 0.6 is 15.9 Å². The molecule has 0 saturated carbocycles. The third-order valence-corrected chi connectivity index (χ3v) is 3.10. The number of benzene rings is 1. The van der Waals surface area contributed by atoms with Gasteiger partial charge in [0, 0.05) is 27.5 Å². The fourth-order valence-corrected chi connectivity index (χ4v) is 1.89. The highest BCUT2D eigenvalue weighted by Crippen LogP contribution is 2.21. The molecule has 17 heavy (non-hydrogen) atoms. The molecule has 2 rings (SSSR count). The molecule has 1 N–H and O–H groups in total. The number of aryl methyl sites for hydroxylation is 1. The largest absolute Gasteiger partial charge is 0.389 e. The number of hydrogen-bond acceptors (Lipinski definition) is 3. The van der Waals surface area contributed by atoms with Crippen molar-refractivity contribution >= 4 is 15.9 Å². The maximum Gasteiger partial charge on any atom is 0.159 e. The molecule has 3 nitrogen and oxygen atoms in total. The van der Waals surface area contributed by atoms with E-state index in [9.17, 15) is 5.11 Å². The van der Waals surface area contributed by atoms with E-state index in [0.717, 1.165) is 21.3 Å². The van der Waals surface area contributed by atoms with Gasteiger partial charge in [-0.3, -0.25) is 0 Å². The van der Waals surface area contributed by atoms with Crippen molar-refractivity contribution in [1.82, 2.24) is 9.97 Å². The van der Waals surface area contributed by atoms with E-state index in [1.807, 2.05) is 31.2 Å². The normalized spacial score (nSPS) is 12.5. The van der Waals surface area contributed by atoms with Crippen LogP contribution in [0.25, 0.3) is 11.4 Å². The molecule has 4 heteroatoms. The Morgan fingerprint density at radius 3 is 2.41 bits per heavy atom. The first-order valence-corrected chi connectivity index (χ1v) is 6.15. The highest BCUT2D eigenvalue weighted by Gasteiger charge is 2.09. The summed E-state index contributed by atoms with van der Waals surface area (Å²) in [5.74, 6) is 0.680. The van der Waals surface area contributed by atoms with Gasteiger partial charge < -0.3 is 5.11 Å². The quantitative estimate of drug-likeness (QED) is 0.924. The Hall–Kier alpha value is -1.26. The molecule has 1 heterocycles. The van der Waals surface area contributed by atoms with Gasteiger partial charge in [-0.1, -0.05) is 28.1 Å². The summed E-state index contributed by atoms with van der Waals surface area (Å²) < 4.78 is 1.03. The average molecular weight is 293 g/mol. The Balaban J connectivity index is 2.41.